The molecule has 2 N–H and O–H groups in total. The number of rotatable bonds is 10. The summed E-state index contributed by atoms with van der Waals surface area (Å²) in [5.74, 6) is -0.709. The van der Waals surface area contributed by atoms with E-state index in [0.29, 0.717) is 24.3 Å². The van der Waals surface area contributed by atoms with Gasteiger partial charge in [-0.1, -0.05) is 36.4 Å². The van der Waals surface area contributed by atoms with Gasteiger partial charge in [-0.3, -0.25) is 14.4 Å². The van der Waals surface area contributed by atoms with Gasteiger partial charge in [0.2, 0.25) is 5.91 Å². The number of ether oxygens (including phenoxy) is 1. The molecule has 0 heterocycles. The smallest absolute Gasteiger partial charge is 0.305 e. The summed E-state index contributed by atoms with van der Waals surface area (Å²) in [4.78, 5) is 35.4. The molecule has 0 spiro atoms. The van der Waals surface area contributed by atoms with Gasteiger partial charge in [0.05, 0.1) is 6.61 Å². The normalized spacial score (nSPS) is 10.2. The van der Waals surface area contributed by atoms with Crippen molar-refractivity contribution in [3.63, 3.8) is 0 Å². The molecule has 0 fully saturated rings. The number of anilines is 1. The quantitative estimate of drug-likeness (QED) is 0.488. The summed E-state index contributed by atoms with van der Waals surface area (Å²) in [6.07, 6.45) is 2.47. The van der Waals surface area contributed by atoms with Crippen molar-refractivity contribution in [3.05, 3.63) is 65.7 Å². The molecule has 6 nitrogen and oxygen atoms in total. The molecular weight excluding hydrogens is 356 g/mol. The number of hydrogen-bond acceptors (Lipinski definition) is 4. The Hall–Kier alpha value is -3.15. The van der Waals surface area contributed by atoms with Crippen LogP contribution < -0.4 is 10.6 Å². The molecule has 2 amide bonds. The van der Waals surface area contributed by atoms with Gasteiger partial charge in [0.25, 0.3) is 5.91 Å². The van der Waals surface area contributed by atoms with Gasteiger partial charge in [0, 0.05) is 31.1 Å². The first-order valence-corrected chi connectivity index (χ1v) is 9.40. The lowest BCUT2D eigenvalue weighted by molar-refractivity contribution is -0.143. The number of carbonyl (C=O) groups excluding carboxylic acids is 3. The van der Waals surface area contributed by atoms with E-state index in [2.05, 4.69) is 10.6 Å². The third-order valence-electron chi connectivity index (χ3n) is 4.14. The van der Waals surface area contributed by atoms with Crippen molar-refractivity contribution >= 4 is 23.5 Å². The number of hydrogen-bond donors (Lipinski definition) is 2. The summed E-state index contributed by atoms with van der Waals surface area (Å²) >= 11 is 0. The SMILES string of the molecule is CNC(=O)c1cccc(NC(=O)CCCC(=O)OCCCc2ccccc2)c1. The Morgan fingerprint density at radius 3 is 2.46 bits per heavy atom. The average molecular weight is 382 g/mol. The number of carbonyl (C=O) groups is 3. The first-order chi connectivity index (χ1) is 13.6. The van der Waals surface area contributed by atoms with Crippen LogP contribution in [0.2, 0.25) is 0 Å². The van der Waals surface area contributed by atoms with Crippen molar-refractivity contribution in [3.8, 4) is 0 Å². The fraction of sp³-hybridized carbons (Fsp3) is 0.318. The number of esters is 1. The minimum absolute atomic E-state index is 0.203. The van der Waals surface area contributed by atoms with E-state index in [1.807, 2.05) is 30.3 Å². The van der Waals surface area contributed by atoms with Crippen molar-refractivity contribution in [2.24, 2.45) is 0 Å². The lowest BCUT2D eigenvalue weighted by atomic mass is 10.1. The highest BCUT2D eigenvalue weighted by molar-refractivity contribution is 5.97. The van der Waals surface area contributed by atoms with Crippen LogP contribution in [0.5, 0.6) is 0 Å². The molecule has 6 heteroatoms. The van der Waals surface area contributed by atoms with Crippen LogP contribution in [-0.2, 0) is 20.7 Å². The fourth-order valence-electron chi connectivity index (χ4n) is 2.68. The molecule has 148 valence electrons. The van der Waals surface area contributed by atoms with E-state index >= 15 is 0 Å². The Labute approximate surface area is 165 Å². The molecule has 0 unspecified atom stereocenters. The van der Waals surface area contributed by atoms with Crippen molar-refractivity contribution in [1.82, 2.24) is 5.32 Å². The van der Waals surface area contributed by atoms with Gasteiger partial charge >= 0.3 is 5.97 Å². The molecule has 2 rings (SSSR count). The van der Waals surface area contributed by atoms with Crippen LogP contribution in [-0.4, -0.2) is 31.4 Å². The van der Waals surface area contributed by atoms with E-state index < -0.39 is 0 Å². The van der Waals surface area contributed by atoms with Crippen LogP contribution in [0.3, 0.4) is 0 Å². The second kappa shape index (κ2) is 11.5. The van der Waals surface area contributed by atoms with Gasteiger partial charge < -0.3 is 15.4 Å². The zero-order valence-corrected chi connectivity index (χ0v) is 16.1. The highest BCUT2D eigenvalue weighted by Gasteiger charge is 2.08. The lowest BCUT2D eigenvalue weighted by Gasteiger charge is -2.07. The minimum Gasteiger partial charge on any atom is -0.466 e. The Morgan fingerprint density at radius 1 is 0.929 bits per heavy atom. The predicted molar refractivity (Wildman–Crippen MR) is 108 cm³/mol. The fourth-order valence-corrected chi connectivity index (χ4v) is 2.68. The van der Waals surface area contributed by atoms with Gasteiger partial charge in [0.15, 0.2) is 0 Å². The number of amides is 2. The third-order valence-corrected chi connectivity index (χ3v) is 4.14. The summed E-state index contributed by atoms with van der Waals surface area (Å²) in [7, 11) is 1.55. The molecule has 0 saturated carbocycles. The van der Waals surface area contributed by atoms with E-state index in [1.54, 1.807) is 31.3 Å². The highest BCUT2D eigenvalue weighted by Crippen LogP contribution is 2.12. The molecule has 0 aliphatic carbocycles. The van der Waals surface area contributed by atoms with Crippen LogP contribution in [0.25, 0.3) is 0 Å². The van der Waals surface area contributed by atoms with E-state index in [0.717, 1.165) is 12.8 Å². The Bertz CT molecular complexity index is 790. The van der Waals surface area contributed by atoms with Crippen molar-refractivity contribution in [2.75, 3.05) is 19.0 Å². The Balaban J connectivity index is 1.61. The molecule has 0 saturated heterocycles. The maximum Gasteiger partial charge on any atom is 0.305 e. The van der Waals surface area contributed by atoms with E-state index in [4.69, 9.17) is 4.74 Å². The van der Waals surface area contributed by atoms with E-state index in [-0.39, 0.29) is 30.6 Å². The van der Waals surface area contributed by atoms with Crippen LogP contribution in [0.1, 0.15) is 41.6 Å². The summed E-state index contributed by atoms with van der Waals surface area (Å²) in [6, 6.07) is 16.7. The van der Waals surface area contributed by atoms with Crippen LogP contribution in [0, 0.1) is 0 Å². The summed E-state index contributed by atoms with van der Waals surface area (Å²) in [6.45, 7) is 0.381. The molecule has 2 aromatic rings. The van der Waals surface area contributed by atoms with Crippen LogP contribution >= 0.6 is 0 Å². The zero-order valence-electron chi connectivity index (χ0n) is 16.1. The first kappa shape index (κ1) is 21.2. The average Bonchev–Trinajstić information content (AvgIpc) is 2.71. The van der Waals surface area contributed by atoms with E-state index in [9.17, 15) is 14.4 Å². The molecule has 0 bridgehead atoms. The van der Waals surface area contributed by atoms with Crippen LogP contribution in [0.15, 0.2) is 54.6 Å². The zero-order chi connectivity index (χ0) is 20.2. The topological polar surface area (TPSA) is 84.5 Å². The second-order valence-electron chi connectivity index (χ2n) is 6.37. The predicted octanol–water partition coefficient (Wildman–Crippen LogP) is 3.33. The third kappa shape index (κ3) is 7.61. The van der Waals surface area contributed by atoms with Crippen LogP contribution in [0.4, 0.5) is 5.69 Å². The van der Waals surface area contributed by atoms with Gasteiger partial charge in [-0.25, -0.2) is 0 Å². The lowest BCUT2D eigenvalue weighted by Crippen LogP contribution is -2.18. The Morgan fingerprint density at radius 2 is 1.71 bits per heavy atom. The van der Waals surface area contributed by atoms with Crippen molar-refractivity contribution in [1.29, 1.82) is 0 Å². The summed E-state index contributed by atoms with van der Waals surface area (Å²) < 4.78 is 5.20. The number of aryl methyl sites for hydroxylation is 1. The largest absolute Gasteiger partial charge is 0.466 e. The monoisotopic (exact) mass is 382 g/mol. The molecule has 28 heavy (non-hydrogen) atoms. The highest BCUT2D eigenvalue weighted by atomic mass is 16.5. The van der Waals surface area contributed by atoms with Gasteiger partial charge in [-0.05, 0) is 43.0 Å². The molecule has 2 aromatic carbocycles. The summed E-state index contributed by atoms with van der Waals surface area (Å²) in [5, 5.41) is 5.27. The van der Waals surface area contributed by atoms with E-state index in [1.165, 1.54) is 5.56 Å². The molecule has 0 aromatic heterocycles. The number of benzene rings is 2. The maximum absolute atomic E-state index is 12.0. The molecule has 0 aliphatic heterocycles. The molecular formula is C22H26N2O4. The second-order valence-corrected chi connectivity index (χ2v) is 6.37. The van der Waals surface area contributed by atoms with Gasteiger partial charge in [-0.2, -0.15) is 0 Å². The van der Waals surface area contributed by atoms with Gasteiger partial charge in [-0.15, -0.1) is 0 Å². The van der Waals surface area contributed by atoms with Crippen molar-refractivity contribution in [2.45, 2.75) is 32.1 Å². The molecule has 0 radical (unpaired) electrons. The minimum atomic E-state index is -0.289. The number of nitrogens with one attached hydrogen (secondary N) is 2. The Kier molecular flexibility index (Phi) is 8.72. The molecule has 0 aliphatic rings. The molecule has 0 atom stereocenters. The van der Waals surface area contributed by atoms with Gasteiger partial charge in [0.1, 0.15) is 0 Å². The van der Waals surface area contributed by atoms with Crippen molar-refractivity contribution < 1.29 is 19.1 Å². The maximum atomic E-state index is 12.0. The summed E-state index contributed by atoms with van der Waals surface area (Å²) in [5.41, 5.74) is 2.24. The first-order valence-electron chi connectivity index (χ1n) is 9.40. The standard InChI is InChI=1S/C22H26N2O4/c1-23-22(27)18-11-5-12-19(16-18)24-20(25)13-6-14-21(26)28-15-7-10-17-8-3-2-4-9-17/h2-5,8-9,11-12,16H,6-7,10,13-15H2,1H3,(H,23,27)(H,24,25).